The fraction of sp³-hybridized carbons (Fsp3) is 0.448. The number of pyridine rings is 1. The Balaban J connectivity index is 1.26. The first-order valence-corrected chi connectivity index (χ1v) is 14.0. The van der Waals surface area contributed by atoms with Crippen LogP contribution < -0.4 is 10.6 Å². The Morgan fingerprint density at radius 1 is 1.20 bits per heavy atom. The molecule has 1 aliphatic carbocycles. The first-order chi connectivity index (χ1) is 19.8. The lowest BCUT2D eigenvalue weighted by molar-refractivity contribution is -0.112. The summed E-state index contributed by atoms with van der Waals surface area (Å²) < 4.78 is 14.8. The number of halogens is 1. The summed E-state index contributed by atoms with van der Waals surface area (Å²) in [5.41, 5.74) is 2.56. The summed E-state index contributed by atoms with van der Waals surface area (Å²) in [5, 5.41) is 17.6. The van der Waals surface area contributed by atoms with Gasteiger partial charge in [0.1, 0.15) is 11.6 Å². The molecule has 5 rings (SSSR count). The van der Waals surface area contributed by atoms with Crippen molar-refractivity contribution in [2.24, 2.45) is 0 Å². The van der Waals surface area contributed by atoms with Gasteiger partial charge in [-0.25, -0.2) is 24.0 Å². The molecule has 4 heterocycles. The van der Waals surface area contributed by atoms with Crippen LogP contribution in [0.15, 0.2) is 42.9 Å². The Labute approximate surface area is 239 Å². The van der Waals surface area contributed by atoms with Crippen molar-refractivity contribution in [1.29, 1.82) is 0 Å². The zero-order chi connectivity index (χ0) is 29.0. The fourth-order valence-electron chi connectivity index (χ4n) is 5.68. The van der Waals surface area contributed by atoms with Crippen LogP contribution in [0.4, 0.5) is 16.0 Å². The minimum absolute atomic E-state index is 0.0679. The molecule has 41 heavy (non-hydrogen) atoms. The molecule has 216 valence electrons. The maximum atomic E-state index is 13.4. The van der Waals surface area contributed by atoms with E-state index in [1.165, 1.54) is 10.9 Å². The second kappa shape index (κ2) is 12.1. The van der Waals surface area contributed by atoms with Crippen molar-refractivity contribution in [2.45, 2.75) is 70.9 Å². The average molecular weight is 561 g/mol. The van der Waals surface area contributed by atoms with Gasteiger partial charge in [-0.05, 0) is 64.6 Å². The van der Waals surface area contributed by atoms with Gasteiger partial charge in [-0.15, -0.1) is 0 Å². The molecule has 1 aliphatic rings. The van der Waals surface area contributed by atoms with Crippen LogP contribution in [0.3, 0.4) is 0 Å². The molecular formula is C29H37FN10O. The number of aromatic amines is 1. The number of rotatable bonds is 11. The van der Waals surface area contributed by atoms with E-state index in [0.29, 0.717) is 12.4 Å². The van der Waals surface area contributed by atoms with Gasteiger partial charge in [-0.3, -0.25) is 14.8 Å². The number of likely N-dealkylation sites (N-methyl/N-ethyl adjacent to an activating group) is 1. The van der Waals surface area contributed by atoms with Crippen molar-refractivity contribution < 1.29 is 9.18 Å². The molecule has 1 saturated carbocycles. The smallest absolute Gasteiger partial charge is 0.207 e. The van der Waals surface area contributed by atoms with Crippen LogP contribution in [0.2, 0.25) is 0 Å². The van der Waals surface area contributed by atoms with Crippen molar-refractivity contribution in [3.63, 3.8) is 0 Å². The highest BCUT2D eigenvalue weighted by molar-refractivity contribution is 5.52. The summed E-state index contributed by atoms with van der Waals surface area (Å²) in [4.78, 5) is 28.2. The Hall–Kier alpha value is -4.19. The molecule has 0 aliphatic heterocycles. The number of anilines is 2. The third-order valence-corrected chi connectivity index (χ3v) is 8.01. The molecule has 4 aromatic heterocycles. The van der Waals surface area contributed by atoms with Crippen molar-refractivity contribution in [1.82, 2.24) is 45.1 Å². The van der Waals surface area contributed by atoms with Gasteiger partial charge < -0.3 is 10.6 Å². The fourth-order valence-corrected chi connectivity index (χ4v) is 5.68. The molecule has 0 saturated heterocycles. The maximum absolute atomic E-state index is 13.4. The van der Waals surface area contributed by atoms with Gasteiger partial charge in [0.05, 0.1) is 17.9 Å². The molecule has 1 amide bonds. The normalized spacial score (nSPS) is 19.7. The summed E-state index contributed by atoms with van der Waals surface area (Å²) in [6.45, 7) is 9.72. The summed E-state index contributed by atoms with van der Waals surface area (Å²) >= 11 is 0. The largest absolute Gasteiger partial charge is 0.352 e. The molecule has 12 heteroatoms. The Morgan fingerprint density at radius 3 is 2.61 bits per heavy atom. The van der Waals surface area contributed by atoms with E-state index in [1.54, 1.807) is 0 Å². The molecule has 0 radical (unpaired) electrons. The number of nitrogens with one attached hydrogen (secondary N) is 3. The van der Waals surface area contributed by atoms with Crippen molar-refractivity contribution in [2.75, 3.05) is 18.4 Å². The number of nitrogens with zero attached hydrogens (tertiary/aromatic N) is 7. The van der Waals surface area contributed by atoms with Gasteiger partial charge in [-0.1, -0.05) is 13.0 Å². The van der Waals surface area contributed by atoms with Crippen LogP contribution >= 0.6 is 0 Å². The Bertz CT molecular complexity index is 1460. The van der Waals surface area contributed by atoms with Crippen molar-refractivity contribution in [3.8, 4) is 5.82 Å². The summed E-state index contributed by atoms with van der Waals surface area (Å²) in [5.74, 6) is 2.63. The zero-order valence-electron chi connectivity index (χ0n) is 23.9. The maximum Gasteiger partial charge on any atom is 0.207 e. The molecule has 4 aromatic rings. The Morgan fingerprint density at radius 2 is 2.00 bits per heavy atom. The minimum Gasteiger partial charge on any atom is -0.352 e. The standard InChI is InChI=1S/C29H37FN10O/c1-5-39(21(4)23-6-7-27(31-14-23)40-16-24(30)15-33-40)17-29(32-18-41)10-8-22(9-11-29)28-34-19(2)12-25(36-28)35-26-13-20(3)37-38-26/h6-7,12-16,18,21-22H,5,8-11,17H2,1-4H3,(H,32,41)(H2,34,35,36,37,38). The Kier molecular flexibility index (Phi) is 8.39. The van der Waals surface area contributed by atoms with Crippen LogP contribution in [0.5, 0.6) is 0 Å². The molecule has 1 unspecified atom stereocenters. The second-order valence-electron chi connectivity index (χ2n) is 10.9. The number of H-pyrrole nitrogens is 1. The van der Waals surface area contributed by atoms with Crippen LogP contribution in [0.1, 0.15) is 74.3 Å². The lowest BCUT2D eigenvalue weighted by Crippen LogP contribution is -2.55. The second-order valence-corrected chi connectivity index (χ2v) is 10.9. The van der Waals surface area contributed by atoms with Crippen molar-refractivity contribution >= 4 is 18.0 Å². The van der Waals surface area contributed by atoms with E-state index in [-0.39, 0.29) is 17.5 Å². The highest BCUT2D eigenvalue weighted by atomic mass is 19.1. The number of hydrogen-bond acceptors (Lipinski definition) is 8. The number of aromatic nitrogens is 7. The van der Waals surface area contributed by atoms with Crippen LogP contribution in [-0.2, 0) is 4.79 Å². The number of carbonyl (C=O) groups excluding carboxylic acids is 1. The molecule has 0 spiro atoms. The van der Waals surface area contributed by atoms with Gasteiger partial charge in [0.15, 0.2) is 17.5 Å². The zero-order valence-corrected chi connectivity index (χ0v) is 23.9. The van der Waals surface area contributed by atoms with Gasteiger partial charge in [0, 0.05) is 48.2 Å². The van der Waals surface area contributed by atoms with E-state index in [4.69, 9.17) is 9.97 Å². The molecule has 1 fully saturated rings. The van der Waals surface area contributed by atoms with Crippen LogP contribution in [0, 0.1) is 19.7 Å². The van der Waals surface area contributed by atoms with E-state index in [9.17, 15) is 9.18 Å². The van der Waals surface area contributed by atoms with Gasteiger partial charge in [0.2, 0.25) is 6.41 Å². The van der Waals surface area contributed by atoms with E-state index in [2.05, 4.69) is 49.7 Å². The number of amides is 1. The number of hydrogen-bond donors (Lipinski definition) is 3. The summed E-state index contributed by atoms with van der Waals surface area (Å²) in [6.07, 6.45) is 8.48. The number of carbonyl (C=O) groups is 1. The third-order valence-electron chi connectivity index (χ3n) is 8.01. The highest BCUT2D eigenvalue weighted by Gasteiger charge is 2.38. The molecule has 3 N–H and O–H groups in total. The third kappa shape index (κ3) is 6.59. The van der Waals surface area contributed by atoms with Crippen LogP contribution in [0.25, 0.3) is 5.82 Å². The first-order valence-electron chi connectivity index (χ1n) is 14.0. The average Bonchev–Trinajstić information content (AvgIpc) is 3.59. The predicted molar refractivity (Wildman–Crippen MR) is 153 cm³/mol. The molecule has 0 bridgehead atoms. The quantitative estimate of drug-likeness (QED) is 0.229. The molecule has 0 aromatic carbocycles. The van der Waals surface area contributed by atoms with E-state index < -0.39 is 5.82 Å². The topological polar surface area (TPSA) is 130 Å². The summed E-state index contributed by atoms with van der Waals surface area (Å²) in [6, 6.07) is 7.76. The lowest BCUT2D eigenvalue weighted by atomic mass is 9.75. The van der Waals surface area contributed by atoms with Gasteiger partial charge in [0.25, 0.3) is 0 Å². The number of aryl methyl sites for hydroxylation is 2. The molecule has 1 atom stereocenters. The minimum atomic E-state index is -0.403. The molecule has 11 nitrogen and oxygen atoms in total. The monoisotopic (exact) mass is 560 g/mol. The SMILES string of the molecule is CCN(CC1(NC=O)CCC(c2nc(C)cc(Nc3cc(C)[nH]n3)n2)CC1)C(C)c1ccc(-n2cc(F)cn2)nc1. The highest BCUT2D eigenvalue weighted by Crippen LogP contribution is 2.38. The van der Waals surface area contributed by atoms with E-state index >= 15 is 0 Å². The van der Waals surface area contributed by atoms with Crippen molar-refractivity contribution in [3.05, 3.63) is 71.4 Å². The summed E-state index contributed by atoms with van der Waals surface area (Å²) in [7, 11) is 0. The van der Waals surface area contributed by atoms with Gasteiger partial charge in [-0.2, -0.15) is 10.2 Å². The lowest BCUT2D eigenvalue weighted by Gasteiger charge is -2.44. The van der Waals surface area contributed by atoms with E-state index in [0.717, 1.165) is 79.2 Å². The van der Waals surface area contributed by atoms with E-state index in [1.807, 2.05) is 44.3 Å². The first kappa shape index (κ1) is 28.3. The predicted octanol–water partition coefficient (Wildman–Crippen LogP) is 4.51. The van der Waals surface area contributed by atoms with Gasteiger partial charge >= 0.3 is 0 Å². The van der Waals surface area contributed by atoms with Crippen LogP contribution in [-0.4, -0.2) is 64.9 Å². The molecular weight excluding hydrogens is 523 g/mol.